The van der Waals surface area contributed by atoms with Crippen molar-refractivity contribution in [1.29, 1.82) is 5.26 Å². The van der Waals surface area contributed by atoms with E-state index in [-0.39, 0.29) is 24.8 Å². The quantitative estimate of drug-likeness (QED) is 0.723. The maximum Gasteiger partial charge on any atom is 0.237 e. The summed E-state index contributed by atoms with van der Waals surface area (Å²) in [6, 6.07) is 17.3. The fourth-order valence-electron chi connectivity index (χ4n) is 2.41. The van der Waals surface area contributed by atoms with Crippen molar-refractivity contribution in [2.45, 2.75) is 25.8 Å². The van der Waals surface area contributed by atoms with Gasteiger partial charge in [0.15, 0.2) is 0 Å². The Morgan fingerprint density at radius 3 is 2.54 bits per heavy atom. The van der Waals surface area contributed by atoms with Gasteiger partial charge in [-0.2, -0.15) is 5.26 Å². The molecule has 0 saturated carbocycles. The summed E-state index contributed by atoms with van der Waals surface area (Å²) >= 11 is 0. The van der Waals surface area contributed by atoms with Crippen LogP contribution in [0.3, 0.4) is 0 Å². The van der Waals surface area contributed by atoms with E-state index in [4.69, 9.17) is 0 Å². The molecule has 2 N–H and O–H groups in total. The maximum absolute atomic E-state index is 12.1. The predicted molar refractivity (Wildman–Crippen MR) is 97.6 cm³/mol. The molecule has 2 aromatic rings. The summed E-state index contributed by atoms with van der Waals surface area (Å²) in [6.45, 7) is 0.557. The van der Waals surface area contributed by atoms with E-state index < -0.39 is 5.92 Å². The summed E-state index contributed by atoms with van der Waals surface area (Å²) in [5, 5.41) is 14.6. The average Bonchev–Trinajstić information content (AvgIpc) is 2.68. The molecule has 26 heavy (non-hydrogen) atoms. The number of carbonyl (C=O) groups excluding carboxylic acids is 2. The number of amides is 2. The Morgan fingerprint density at radius 2 is 1.85 bits per heavy atom. The highest BCUT2D eigenvalue weighted by atomic mass is 16.2. The minimum atomic E-state index is -0.716. The van der Waals surface area contributed by atoms with Crippen molar-refractivity contribution in [3.63, 3.8) is 0 Å². The molecule has 134 valence electrons. The van der Waals surface area contributed by atoms with Crippen LogP contribution in [-0.4, -0.2) is 23.3 Å². The number of aromatic nitrogens is 1. The standard InChI is InChI=1S/C20H22N4O2/c21-14-17(10-9-16-6-2-1-3-7-16)20(26)23-13-11-19(25)24-15-18-8-4-5-12-22-18/h1-8,12,17H,9-11,13,15H2,(H,23,26)(H,24,25)/t17-/m0/s1. The fraction of sp³-hybridized carbons (Fsp3) is 0.300. The highest BCUT2D eigenvalue weighted by molar-refractivity contribution is 5.82. The largest absolute Gasteiger partial charge is 0.354 e. The smallest absolute Gasteiger partial charge is 0.237 e. The van der Waals surface area contributed by atoms with Gasteiger partial charge in [0, 0.05) is 19.2 Å². The second-order valence-electron chi connectivity index (χ2n) is 5.84. The van der Waals surface area contributed by atoms with Gasteiger partial charge in [0.25, 0.3) is 0 Å². The van der Waals surface area contributed by atoms with Gasteiger partial charge in [0.1, 0.15) is 5.92 Å². The zero-order valence-electron chi connectivity index (χ0n) is 14.5. The number of benzene rings is 1. The Morgan fingerprint density at radius 1 is 1.08 bits per heavy atom. The van der Waals surface area contributed by atoms with Gasteiger partial charge in [0.2, 0.25) is 11.8 Å². The van der Waals surface area contributed by atoms with Crippen LogP contribution in [0.15, 0.2) is 54.7 Å². The number of aryl methyl sites for hydroxylation is 1. The van der Waals surface area contributed by atoms with E-state index in [1.807, 2.05) is 54.6 Å². The Labute approximate surface area is 153 Å². The van der Waals surface area contributed by atoms with Gasteiger partial charge in [0.05, 0.1) is 18.3 Å². The Kier molecular flexibility index (Phi) is 7.81. The molecular weight excluding hydrogens is 328 g/mol. The molecule has 0 fully saturated rings. The number of carbonyl (C=O) groups is 2. The minimum Gasteiger partial charge on any atom is -0.354 e. The van der Waals surface area contributed by atoms with Gasteiger partial charge in [-0.15, -0.1) is 0 Å². The van der Waals surface area contributed by atoms with Crippen molar-refractivity contribution in [3.8, 4) is 6.07 Å². The second-order valence-corrected chi connectivity index (χ2v) is 5.84. The molecule has 6 heteroatoms. The van der Waals surface area contributed by atoms with Crippen molar-refractivity contribution in [1.82, 2.24) is 15.6 Å². The molecule has 0 unspecified atom stereocenters. The molecule has 0 aliphatic carbocycles. The predicted octanol–water partition coefficient (Wildman–Crippen LogP) is 1.98. The molecule has 1 aromatic heterocycles. The van der Waals surface area contributed by atoms with Crippen LogP contribution in [0, 0.1) is 17.2 Å². The van der Waals surface area contributed by atoms with Crippen molar-refractivity contribution in [2.24, 2.45) is 5.92 Å². The molecule has 0 radical (unpaired) electrons. The average molecular weight is 350 g/mol. The topological polar surface area (TPSA) is 94.9 Å². The number of nitrogens with one attached hydrogen (secondary N) is 2. The molecule has 0 bridgehead atoms. The van der Waals surface area contributed by atoms with Gasteiger partial charge in [-0.25, -0.2) is 0 Å². The molecular formula is C20H22N4O2. The van der Waals surface area contributed by atoms with Gasteiger partial charge < -0.3 is 10.6 Å². The monoisotopic (exact) mass is 350 g/mol. The summed E-state index contributed by atoms with van der Waals surface area (Å²) < 4.78 is 0. The van der Waals surface area contributed by atoms with Crippen LogP contribution in [0.1, 0.15) is 24.1 Å². The van der Waals surface area contributed by atoms with Crippen LogP contribution in [0.25, 0.3) is 0 Å². The van der Waals surface area contributed by atoms with Crippen LogP contribution in [0.2, 0.25) is 0 Å². The Bertz CT molecular complexity index is 741. The highest BCUT2D eigenvalue weighted by Crippen LogP contribution is 2.09. The van der Waals surface area contributed by atoms with Crippen molar-refractivity contribution >= 4 is 11.8 Å². The molecule has 0 spiro atoms. The van der Waals surface area contributed by atoms with E-state index in [1.165, 1.54) is 0 Å². The van der Waals surface area contributed by atoms with E-state index in [0.717, 1.165) is 11.3 Å². The third-order valence-electron chi connectivity index (χ3n) is 3.88. The second kappa shape index (κ2) is 10.6. The summed E-state index contributed by atoms with van der Waals surface area (Å²) in [5.41, 5.74) is 1.87. The lowest BCUT2D eigenvalue weighted by atomic mass is 10.00. The molecule has 2 amide bonds. The van der Waals surface area contributed by atoms with Crippen LogP contribution in [-0.2, 0) is 22.6 Å². The summed E-state index contributed by atoms with van der Waals surface area (Å²) in [7, 11) is 0. The first-order chi connectivity index (χ1) is 12.7. The molecule has 1 atom stereocenters. The van der Waals surface area contributed by atoms with Gasteiger partial charge in [-0.1, -0.05) is 36.4 Å². The summed E-state index contributed by atoms with van der Waals surface area (Å²) in [4.78, 5) is 28.0. The van der Waals surface area contributed by atoms with Gasteiger partial charge in [-0.3, -0.25) is 14.6 Å². The van der Waals surface area contributed by atoms with Crippen molar-refractivity contribution < 1.29 is 9.59 Å². The van der Waals surface area contributed by atoms with Crippen LogP contribution < -0.4 is 10.6 Å². The summed E-state index contributed by atoms with van der Waals surface area (Å²) in [5.74, 6) is -1.22. The molecule has 1 heterocycles. The van der Waals surface area contributed by atoms with E-state index in [0.29, 0.717) is 19.4 Å². The lowest BCUT2D eigenvalue weighted by molar-refractivity contribution is -0.124. The highest BCUT2D eigenvalue weighted by Gasteiger charge is 2.17. The normalized spacial score (nSPS) is 11.2. The zero-order valence-corrected chi connectivity index (χ0v) is 14.5. The number of nitriles is 1. The number of nitrogens with zero attached hydrogens (tertiary/aromatic N) is 2. The third-order valence-corrected chi connectivity index (χ3v) is 3.88. The van der Waals surface area contributed by atoms with Crippen LogP contribution in [0.5, 0.6) is 0 Å². The van der Waals surface area contributed by atoms with E-state index in [1.54, 1.807) is 6.20 Å². The fourth-order valence-corrected chi connectivity index (χ4v) is 2.41. The number of hydrogen-bond donors (Lipinski definition) is 2. The Balaban J connectivity index is 1.66. The van der Waals surface area contributed by atoms with E-state index >= 15 is 0 Å². The SMILES string of the molecule is N#C[C@H](CCc1ccccc1)C(=O)NCCC(=O)NCc1ccccn1. The van der Waals surface area contributed by atoms with Crippen LogP contribution >= 0.6 is 0 Å². The minimum absolute atomic E-state index is 0.162. The molecule has 2 rings (SSSR count). The number of pyridine rings is 1. The molecule has 0 aliphatic heterocycles. The van der Waals surface area contributed by atoms with Gasteiger partial charge in [-0.05, 0) is 30.5 Å². The zero-order chi connectivity index (χ0) is 18.6. The molecule has 1 aromatic carbocycles. The molecule has 0 aliphatic rings. The van der Waals surface area contributed by atoms with Crippen molar-refractivity contribution in [3.05, 3.63) is 66.0 Å². The summed E-state index contributed by atoms with van der Waals surface area (Å²) in [6.07, 6.45) is 2.95. The van der Waals surface area contributed by atoms with E-state index in [2.05, 4.69) is 15.6 Å². The van der Waals surface area contributed by atoms with Crippen molar-refractivity contribution in [2.75, 3.05) is 6.54 Å². The third kappa shape index (κ3) is 6.73. The van der Waals surface area contributed by atoms with E-state index in [9.17, 15) is 14.9 Å². The first-order valence-corrected chi connectivity index (χ1v) is 8.57. The van der Waals surface area contributed by atoms with Crippen LogP contribution in [0.4, 0.5) is 0 Å². The van der Waals surface area contributed by atoms with Gasteiger partial charge >= 0.3 is 0 Å². The number of rotatable bonds is 9. The molecule has 0 saturated heterocycles. The number of hydrogen-bond acceptors (Lipinski definition) is 4. The lowest BCUT2D eigenvalue weighted by Gasteiger charge is -2.10. The maximum atomic E-state index is 12.1. The first kappa shape index (κ1) is 19.1. The Hall–Kier alpha value is -3.20. The lowest BCUT2D eigenvalue weighted by Crippen LogP contribution is -2.34. The first-order valence-electron chi connectivity index (χ1n) is 8.57. The molecule has 6 nitrogen and oxygen atoms in total.